The van der Waals surface area contributed by atoms with Crippen LogP contribution < -0.4 is 10.6 Å². The second-order valence-corrected chi connectivity index (χ2v) is 10.9. The molecule has 1 aliphatic carbocycles. The van der Waals surface area contributed by atoms with Crippen molar-refractivity contribution in [2.75, 3.05) is 5.32 Å². The van der Waals surface area contributed by atoms with E-state index in [9.17, 15) is 4.79 Å². The molecule has 0 saturated heterocycles. The Labute approximate surface area is 229 Å². The molecule has 1 aliphatic rings. The van der Waals surface area contributed by atoms with Crippen LogP contribution in [0.25, 0.3) is 0 Å². The highest BCUT2D eigenvalue weighted by Crippen LogP contribution is 2.28. The summed E-state index contributed by atoms with van der Waals surface area (Å²) in [5.74, 6) is 1.29. The highest BCUT2D eigenvalue weighted by atomic mass is 16.1. The number of carbonyl (C=O) groups is 1. The third-order valence-electron chi connectivity index (χ3n) is 8.02. The molecule has 204 valence electrons. The number of nitrogens with zero attached hydrogens (tertiary/aromatic N) is 2. The lowest BCUT2D eigenvalue weighted by molar-refractivity contribution is -0.120. The lowest BCUT2D eigenvalue weighted by Crippen LogP contribution is -2.44. The molecule has 0 unspecified atom stereocenters. The third kappa shape index (κ3) is 6.87. The summed E-state index contributed by atoms with van der Waals surface area (Å²) in [7, 11) is 2.02. The van der Waals surface area contributed by atoms with E-state index < -0.39 is 0 Å². The van der Waals surface area contributed by atoms with Crippen molar-refractivity contribution in [3.05, 3.63) is 88.3 Å². The Kier molecular flexibility index (Phi) is 9.68. The number of allylic oxidation sites excluding steroid dienone is 1. The van der Waals surface area contributed by atoms with Crippen LogP contribution in [0.1, 0.15) is 74.3 Å². The van der Waals surface area contributed by atoms with Gasteiger partial charge in [-0.3, -0.25) is 14.2 Å². The summed E-state index contributed by atoms with van der Waals surface area (Å²) in [4.78, 5) is 12.6. The van der Waals surface area contributed by atoms with Crippen LogP contribution >= 0.6 is 0 Å². The summed E-state index contributed by atoms with van der Waals surface area (Å²) >= 11 is 0. The van der Waals surface area contributed by atoms with Gasteiger partial charge in [-0.25, -0.2) is 0 Å². The van der Waals surface area contributed by atoms with Crippen molar-refractivity contribution in [2.45, 2.75) is 97.7 Å². The van der Waals surface area contributed by atoms with E-state index in [1.165, 1.54) is 28.8 Å². The molecule has 0 saturated carbocycles. The molecule has 5 nitrogen and oxygen atoms in total. The Morgan fingerprint density at radius 3 is 2.66 bits per heavy atom. The second-order valence-electron chi connectivity index (χ2n) is 10.9. The maximum Gasteiger partial charge on any atom is 0.154 e. The molecule has 1 heterocycles. The molecule has 0 amide bonds. The smallest absolute Gasteiger partial charge is 0.154 e. The Bertz CT molecular complexity index is 1220. The number of fused-ring (bicyclic) bond motifs is 1. The number of nitrogens with one attached hydrogen (secondary N) is 2. The van der Waals surface area contributed by atoms with Crippen LogP contribution in [0.2, 0.25) is 0 Å². The zero-order valence-corrected chi connectivity index (χ0v) is 24.0. The largest absolute Gasteiger partial charge is 0.342 e. The van der Waals surface area contributed by atoms with Crippen molar-refractivity contribution in [2.24, 2.45) is 7.05 Å². The fourth-order valence-electron chi connectivity index (χ4n) is 5.85. The number of rotatable bonds is 13. The zero-order valence-electron chi connectivity index (χ0n) is 24.0. The number of carbonyl (C=O) groups excluding carboxylic acids is 1. The molecule has 0 bridgehead atoms. The lowest BCUT2D eigenvalue weighted by Gasteiger charge is -2.33. The molecule has 5 heteroatoms. The van der Waals surface area contributed by atoms with Gasteiger partial charge in [0.05, 0.1) is 12.7 Å². The fraction of sp³-hybridized carbons (Fsp3) is 0.485. The Morgan fingerprint density at radius 2 is 1.97 bits per heavy atom. The highest BCUT2D eigenvalue weighted by Gasteiger charge is 2.25. The number of ketones is 1. The predicted molar refractivity (Wildman–Crippen MR) is 159 cm³/mol. The van der Waals surface area contributed by atoms with Gasteiger partial charge in [0.15, 0.2) is 5.78 Å². The SMILES string of the molecule is C/C=C(\Nc1cn(CC(=O)CCc2ccccc2)n1C)[C@H](CCC)N[C@H]1CCc2cc(C)cc(CC)c2C1. The van der Waals surface area contributed by atoms with Crippen molar-refractivity contribution < 1.29 is 4.79 Å². The number of hydrogen-bond donors (Lipinski definition) is 2. The van der Waals surface area contributed by atoms with Gasteiger partial charge >= 0.3 is 0 Å². The number of aromatic nitrogens is 2. The van der Waals surface area contributed by atoms with E-state index in [1.807, 2.05) is 29.9 Å². The zero-order chi connectivity index (χ0) is 27.1. The van der Waals surface area contributed by atoms with Gasteiger partial charge in [-0.15, -0.1) is 0 Å². The van der Waals surface area contributed by atoms with Crippen LogP contribution in [0, 0.1) is 6.92 Å². The minimum atomic E-state index is 0.256. The molecule has 0 radical (unpaired) electrons. The Hall–Kier alpha value is -3.05. The van der Waals surface area contributed by atoms with Crippen molar-refractivity contribution >= 4 is 11.6 Å². The number of hydrogen-bond acceptors (Lipinski definition) is 3. The van der Waals surface area contributed by atoms with Gasteiger partial charge in [0.1, 0.15) is 5.82 Å². The van der Waals surface area contributed by atoms with Gasteiger partial charge in [-0.2, -0.15) is 0 Å². The monoisotopic (exact) mass is 514 g/mol. The molecular formula is C33H46N4O. The molecule has 38 heavy (non-hydrogen) atoms. The van der Waals surface area contributed by atoms with Gasteiger partial charge in [-0.05, 0) is 74.6 Å². The van der Waals surface area contributed by atoms with E-state index in [1.54, 1.807) is 11.1 Å². The lowest BCUT2D eigenvalue weighted by atomic mass is 9.83. The molecule has 0 spiro atoms. The first-order valence-corrected chi connectivity index (χ1v) is 14.5. The molecule has 0 aliphatic heterocycles. The summed E-state index contributed by atoms with van der Waals surface area (Å²) in [6, 6.07) is 15.8. The van der Waals surface area contributed by atoms with Crippen molar-refractivity contribution in [1.29, 1.82) is 0 Å². The van der Waals surface area contributed by atoms with Gasteiger partial charge in [-0.1, -0.05) is 74.4 Å². The number of anilines is 1. The topological polar surface area (TPSA) is 51.0 Å². The first-order valence-electron chi connectivity index (χ1n) is 14.5. The molecule has 2 aromatic carbocycles. The summed E-state index contributed by atoms with van der Waals surface area (Å²) < 4.78 is 4.05. The third-order valence-corrected chi connectivity index (χ3v) is 8.02. The van der Waals surface area contributed by atoms with E-state index in [0.29, 0.717) is 19.0 Å². The van der Waals surface area contributed by atoms with E-state index in [-0.39, 0.29) is 11.8 Å². The molecule has 2 N–H and O–H groups in total. The number of aryl methyl sites for hydroxylation is 4. The molecular weight excluding hydrogens is 468 g/mol. The van der Waals surface area contributed by atoms with Crippen LogP contribution in [-0.4, -0.2) is 27.2 Å². The Balaban J connectivity index is 1.35. The molecule has 3 aromatic rings. The average molecular weight is 515 g/mol. The molecule has 1 aromatic heterocycles. The first-order chi connectivity index (χ1) is 18.4. The van der Waals surface area contributed by atoms with Crippen LogP contribution in [0.15, 0.2) is 60.4 Å². The maximum absolute atomic E-state index is 12.6. The summed E-state index contributed by atoms with van der Waals surface area (Å²) in [6.07, 6.45) is 12.4. The molecule has 0 fully saturated rings. The van der Waals surface area contributed by atoms with Crippen molar-refractivity contribution in [3.63, 3.8) is 0 Å². The standard InChI is InChI=1S/C33H46N4O/c1-6-12-32(34-28-17-16-27-20-24(4)19-26(7-2)30(27)21-28)31(8-3)35-33-23-37(36(33)5)22-29(38)18-15-25-13-10-9-11-14-25/h8-11,13-14,19-20,23,28,32,34-35H,6-7,12,15-18,21-22H2,1-5H3/b31-8-/t28-,32-/m0/s1. The van der Waals surface area contributed by atoms with E-state index in [4.69, 9.17) is 0 Å². The summed E-state index contributed by atoms with van der Waals surface area (Å²) in [5.41, 5.74) is 8.46. The van der Waals surface area contributed by atoms with Crippen LogP contribution in [0.3, 0.4) is 0 Å². The molecule has 2 atom stereocenters. The fourth-order valence-corrected chi connectivity index (χ4v) is 5.85. The van der Waals surface area contributed by atoms with Crippen LogP contribution in [-0.2, 0) is 44.1 Å². The molecule has 4 rings (SSSR count). The van der Waals surface area contributed by atoms with Crippen LogP contribution in [0.4, 0.5) is 5.82 Å². The second kappa shape index (κ2) is 13.1. The Morgan fingerprint density at radius 1 is 1.18 bits per heavy atom. The van der Waals surface area contributed by atoms with Gasteiger partial charge in [0, 0.05) is 31.2 Å². The van der Waals surface area contributed by atoms with Gasteiger partial charge in [0.25, 0.3) is 0 Å². The van der Waals surface area contributed by atoms with E-state index in [0.717, 1.165) is 44.3 Å². The van der Waals surface area contributed by atoms with E-state index in [2.05, 4.69) is 79.5 Å². The van der Waals surface area contributed by atoms with Gasteiger partial charge in [0.2, 0.25) is 0 Å². The summed E-state index contributed by atoms with van der Waals surface area (Å²) in [5, 5.41) is 7.68. The predicted octanol–water partition coefficient (Wildman–Crippen LogP) is 6.53. The minimum Gasteiger partial charge on any atom is -0.342 e. The first kappa shape index (κ1) is 28.0. The highest BCUT2D eigenvalue weighted by molar-refractivity contribution is 5.78. The van der Waals surface area contributed by atoms with E-state index >= 15 is 0 Å². The summed E-state index contributed by atoms with van der Waals surface area (Å²) in [6.45, 7) is 9.28. The van der Waals surface area contributed by atoms with Gasteiger partial charge < -0.3 is 10.6 Å². The minimum absolute atomic E-state index is 0.256. The normalized spacial score (nSPS) is 16.3. The van der Waals surface area contributed by atoms with Crippen molar-refractivity contribution in [3.8, 4) is 0 Å². The van der Waals surface area contributed by atoms with Crippen LogP contribution in [0.5, 0.6) is 0 Å². The number of Topliss-reactive ketones (excluding diaryl/α,β-unsaturated/α-hetero) is 1. The number of benzene rings is 2. The quantitative estimate of drug-likeness (QED) is 0.273. The van der Waals surface area contributed by atoms with Crippen molar-refractivity contribution in [1.82, 2.24) is 14.7 Å². The maximum atomic E-state index is 12.6. The average Bonchev–Trinajstić information content (AvgIpc) is 2.93.